The van der Waals surface area contributed by atoms with E-state index in [0.29, 0.717) is 47.9 Å². The fourth-order valence-electron chi connectivity index (χ4n) is 3.38. The summed E-state index contributed by atoms with van der Waals surface area (Å²) >= 11 is 6.24. The monoisotopic (exact) mass is 391 g/mol. The molecule has 0 spiro atoms. The summed E-state index contributed by atoms with van der Waals surface area (Å²) in [6, 6.07) is 7.16. The number of hydrogen-bond acceptors (Lipinski definition) is 4. The number of aromatic nitrogens is 2. The number of carbonyl (C=O) groups excluding carboxylic acids is 1. The molecule has 0 aliphatic carbocycles. The highest BCUT2D eigenvalue weighted by molar-refractivity contribution is 6.33. The zero-order chi connectivity index (χ0) is 19.4. The summed E-state index contributed by atoms with van der Waals surface area (Å²) in [5.41, 5.74) is 1.49. The molecule has 1 atom stereocenters. The lowest BCUT2D eigenvalue weighted by Gasteiger charge is -2.27. The molecule has 1 aromatic heterocycles. The Hall–Kier alpha value is -2.38. The maximum absolute atomic E-state index is 12.7. The first kappa shape index (κ1) is 19.4. The predicted molar refractivity (Wildman–Crippen MR) is 101 cm³/mol. The van der Waals surface area contributed by atoms with E-state index >= 15 is 0 Å². The molecular weight excluding hydrogens is 370 g/mol. The van der Waals surface area contributed by atoms with Crippen LogP contribution in [0.2, 0.25) is 5.02 Å². The van der Waals surface area contributed by atoms with Gasteiger partial charge >= 0.3 is 5.97 Å². The van der Waals surface area contributed by atoms with Crippen molar-refractivity contribution >= 4 is 23.5 Å². The van der Waals surface area contributed by atoms with Gasteiger partial charge in [0, 0.05) is 38.6 Å². The second-order valence-electron chi connectivity index (χ2n) is 6.65. The van der Waals surface area contributed by atoms with Crippen molar-refractivity contribution < 1.29 is 19.4 Å². The first-order valence-electron chi connectivity index (χ1n) is 8.84. The van der Waals surface area contributed by atoms with Crippen molar-refractivity contribution in [2.45, 2.75) is 12.8 Å². The summed E-state index contributed by atoms with van der Waals surface area (Å²) in [5, 5.41) is 17.2. The van der Waals surface area contributed by atoms with Gasteiger partial charge in [0.1, 0.15) is 5.69 Å². The first-order valence-corrected chi connectivity index (χ1v) is 9.22. The van der Waals surface area contributed by atoms with E-state index in [1.165, 1.54) is 0 Å². The number of hydrogen-bond donors (Lipinski definition) is 2. The molecule has 7 nitrogen and oxygen atoms in total. The third-order valence-electron chi connectivity index (χ3n) is 4.84. The Labute approximate surface area is 162 Å². The highest BCUT2D eigenvalue weighted by Gasteiger charge is 2.30. The van der Waals surface area contributed by atoms with Crippen molar-refractivity contribution in [1.29, 1.82) is 0 Å². The van der Waals surface area contributed by atoms with Crippen LogP contribution < -0.4 is 5.32 Å². The maximum atomic E-state index is 12.7. The van der Waals surface area contributed by atoms with Crippen LogP contribution in [0, 0.1) is 11.8 Å². The highest BCUT2D eigenvalue weighted by Crippen LogP contribution is 2.29. The Morgan fingerprint density at radius 2 is 2.07 bits per heavy atom. The van der Waals surface area contributed by atoms with Crippen molar-refractivity contribution in [1.82, 2.24) is 15.1 Å². The molecule has 2 heterocycles. The van der Waals surface area contributed by atoms with E-state index in [2.05, 4.69) is 10.4 Å². The van der Waals surface area contributed by atoms with E-state index in [-0.39, 0.29) is 18.4 Å². The summed E-state index contributed by atoms with van der Waals surface area (Å²) in [6.45, 7) is 1.18. The number of rotatable bonds is 6. The minimum atomic E-state index is -0.903. The first-order chi connectivity index (χ1) is 13.0. The fraction of sp³-hybridized carbons (Fsp3) is 0.421. The number of carbonyl (C=O) groups is 2. The molecule has 2 N–H and O–H groups in total. The van der Waals surface area contributed by atoms with Crippen LogP contribution in [-0.2, 0) is 16.6 Å². The van der Waals surface area contributed by atoms with Gasteiger partial charge in [-0.05, 0) is 24.8 Å². The molecule has 3 rings (SSSR count). The Morgan fingerprint density at radius 3 is 2.74 bits per heavy atom. The van der Waals surface area contributed by atoms with Gasteiger partial charge in [-0.15, -0.1) is 0 Å². The molecule has 1 aromatic carbocycles. The maximum Gasteiger partial charge on any atom is 0.308 e. The molecule has 1 aliphatic rings. The Balaban J connectivity index is 1.76. The quantitative estimate of drug-likeness (QED) is 0.789. The van der Waals surface area contributed by atoms with E-state index in [1.807, 2.05) is 6.07 Å². The third kappa shape index (κ3) is 4.48. The number of carboxylic acids is 1. The predicted octanol–water partition coefficient (Wildman–Crippen LogP) is 2.60. The van der Waals surface area contributed by atoms with Gasteiger partial charge in [0.05, 0.1) is 16.5 Å². The topological polar surface area (TPSA) is 93.5 Å². The summed E-state index contributed by atoms with van der Waals surface area (Å²) in [4.78, 5) is 24.4. The van der Waals surface area contributed by atoms with Gasteiger partial charge in [-0.2, -0.15) is 5.10 Å². The van der Waals surface area contributed by atoms with E-state index in [9.17, 15) is 14.7 Å². The average Bonchev–Trinajstić information content (AvgIpc) is 3.04. The molecule has 1 aliphatic heterocycles. The summed E-state index contributed by atoms with van der Waals surface area (Å²) < 4.78 is 6.84. The number of carboxylic acid groups (broad SMARTS) is 1. The van der Waals surface area contributed by atoms with Gasteiger partial charge in [-0.3, -0.25) is 14.3 Å². The lowest BCUT2D eigenvalue weighted by atomic mass is 9.86. The van der Waals surface area contributed by atoms with Gasteiger partial charge in [-0.1, -0.05) is 29.8 Å². The largest absolute Gasteiger partial charge is 0.481 e. The molecule has 0 bridgehead atoms. The number of aliphatic carboxylic acids is 1. The molecule has 0 radical (unpaired) electrons. The zero-order valence-electron chi connectivity index (χ0n) is 15.0. The van der Waals surface area contributed by atoms with Crippen LogP contribution in [0.3, 0.4) is 0 Å². The van der Waals surface area contributed by atoms with Crippen molar-refractivity contribution in [2.24, 2.45) is 18.9 Å². The number of ether oxygens (including phenoxy) is 1. The molecule has 1 saturated heterocycles. The number of aryl methyl sites for hydroxylation is 1. The average molecular weight is 392 g/mol. The number of benzene rings is 1. The van der Waals surface area contributed by atoms with Crippen LogP contribution in [0.25, 0.3) is 11.3 Å². The lowest BCUT2D eigenvalue weighted by Crippen LogP contribution is -2.39. The van der Waals surface area contributed by atoms with Crippen LogP contribution in [0.15, 0.2) is 30.5 Å². The van der Waals surface area contributed by atoms with Crippen molar-refractivity contribution in [3.05, 3.63) is 41.0 Å². The van der Waals surface area contributed by atoms with Crippen LogP contribution in [-0.4, -0.2) is 46.5 Å². The SMILES string of the molecule is Cn1cc(C(=O)NCC(C(=O)O)C2CCOCC2)c(-c2ccccc2Cl)n1. The second-order valence-corrected chi connectivity index (χ2v) is 7.06. The minimum absolute atomic E-state index is 0.00603. The number of halogens is 1. The third-order valence-corrected chi connectivity index (χ3v) is 5.17. The second kappa shape index (κ2) is 8.54. The van der Waals surface area contributed by atoms with E-state index in [1.54, 1.807) is 36.1 Å². The van der Waals surface area contributed by atoms with Crippen LogP contribution in [0.4, 0.5) is 0 Å². The molecule has 8 heteroatoms. The Bertz CT molecular complexity index is 830. The zero-order valence-corrected chi connectivity index (χ0v) is 15.8. The van der Waals surface area contributed by atoms with E-state index < -0.39 is 11.9 Å². The standard InChI is InChI=1S/C19H22ClN3O4/c1-23-11-15(17(22-23)13-4-2-3-5-16(13)20)18(24)21-10-14(19(25)26)12-6-8-27-9-7-12/h2-5,11-12,14H,6-10H2,1H3,(H,21,24)(H,25,26). The van der Waals surface area contributed by atoms with Crippen LogP contribution in [0.5, 0.6) is 0 Å². The van der Waals surface area contributed by atoms with Gasteiger partial charge < -0.3 is 15.2 Å². The number of nitrogens with zero attached hydrogens (tertiary/aromatic N) is 2. The van der Waals surface area contributed by atoms with Crippen molar-refractivity contribution in [3.63, 3.8) is 0 Å². The van der Waals surface area contributed by atoms with Crippen LogP contribution in [0.1, 0.15) is 23.2 Å². The minimum Gasteiger partial charge on any atom is -0.481 e. The Kier molecular flexibility index (Phi) is 6.13. The number of nitrogens with one attached hydrogen (secondary N) is 1. The molecule has 2 aromatic rings. The molecule has 0 saturated carbocycles. The van der Waals surface area contributed by atoms with Crippen molar-refractivity contribution in [2.75, 3.05) is 19.8 Å². The fourth-order valence-corrected chi connectivity index (χ4v) is 3.60. The van der Waals surface area contributed by atoms with Gasteiger partial charge in [-0.25, -0.2) is 0 Å². The molecular formula is C19H22ClN3O4. The molecule has 1 amide bonds. The summed E-state index contributed by atoms with van der Waals surface area (Å²) in [5.74, 6) is -1.91. The highest BCUT2D eigenvalue weighted by atomic mass is 35.5. The van der Waals surface area contributed by atoms with Gasteiger partial charge in [0.15, 0.2) is 0 Å². The number of amides is 1. The molecule has 27 heavy (non-hydrogen) atoms. The van der Waals surface area contributed by atoms with Gasteiger partial charge in [0.25, 0.3) is 5.91 Å². The molecule has 1 unspecified atom stereocenters. The lowest BCUT2D eigenvalue weighted by molar-refractivity contribution is -0.144. The smallest absolute Gasteiger partial charge is 0.308 e. The molecule has 144 valence electrons. The van der Waals surface area contributed by atoms with E-state index in [4.69, 9.17) is 16.3 Å². The normalized spacial score (nSPS) is 16.1. The summed E-state index contributed by atoms with van der Waals surface area (Å²) in [6.07, 6.45) is 2.98. The summed E-state index contributed by atoms with van der Waals surface area (Å²) in [7, 11) is 1.72. The van der Waals surface area contributed by atoms with Crippen LogP contribution >= 0.6 is 11.6 Å². The molecule has 1 fully saturated rings. The van der Waals surface area contributed by atoms with E-state index in [0.717, 1.165) is 0 Å². The van der Waals surface area contributed by atoms with Crippen molar-refractivity contribution in [3.8, 4) is 11.3 Å². The van der Waals surface area contributed by atoms with Gasteiger partial charge in [0.2, 0.25) is 0 Å². The Morgan fingerprint density at radius 1 is 1.37 bits per heavy atom.